The molecule has 0 spiro atoms. The first-order valence-electron chi connectivity index (χ1n) is 12.5. The van der Waals surface area contributed by atoms with Gasteiger partial charge in [-0.25, -0.2) is 4.79 Å². The Hall–Kier alpha value is -1.89. The highest BCUT2D eigenvalue weighted by molar-refractivity contribution is 5.91. The van der Waals surface area contributed by atoms with E-state index in [-0.39, 0.29) is 53.8 Å². The van der Waals surface area contributed by atoms with Crippen molar-refractivity contribution in [3.05, 3.63) is 11.6 Å². The monoisotopic (exact) mass is 465 g/mol. The van der Waals surface area contributed by atoms with Gasteiger partial charge in [0.1, 0.15) is 6.04 Å². The molecule has 1 fully saturated rings. The van der Waals surface area contributed by atoms with Gasteiger partial charge in [-0.3, -0.25) is 14.5 Å². The standard InChI is InChI=1S/C26H47N3O4/c1-16(2)22(15-20(9)26(32)33-19(7)8)28(10)25(31)23(17(3)4)27-24(30)21-13-11-12-14-29(21)18(5)6/h15-19,21-23H,11-14H2,1-10H3,(H,27,30)/b20-15+/t21-,22-,23?/m1/s1. The normalized spacial score (nSPS) is 19.7. The molecule has 0 aromatic rings. The average Bonchev–Trinajstić information content (AvgIpc) is 2.73. The lowest BCUT2D eigenvalue weighted by Crippen LogP contribution is -2.58. The van der Waals surface area contributed by atoms with Gasteiger partial charge in [0.05, 0.1) is 18.2 Å². The number of esters is 1. The van der Waals surface area contributed by atoms with Crippen molar-refractivity contribution in [1.29, 1.82) is 0 Å². The van der Waals surface area contributed by atoms with Crippen LogP contribution in [-0.4, -0.2) is 71.4 Å². The van der Waals surface area contributed by atoms with E-state index in [9.17, 15) is 14.4 Å². The molecular weight excluding hydrogens is 418 g/mol. The van der Waals surface area contributed by atoms with Crippen LogP contribution in [0.25, 0.3) is 0 Å². The van der Waals surface area contributed by atoms with Crippen molar-refractivity contribution in [3.8, 4) is 0 Å². The van der Waals surface area contributed by atoms with Crippen molar-refractivity contribution < 1.29 is 19.1 Å². The summed E-state index contributed by atoms with van der Waals surface area (Å²) < 4.78 is 5.30. The number of carbonyl (C=O) groups excluding carboxylic acids is 3. The van der Waals surface area contributed by atoms with Crippen molar-refractivity contribution in [2.75, 3.05) is 13.6 Å². The molecule has 7 heteroatoms. The summed E-state index contributed by atoms with van der Waals surface area (Å²) in [4.78, 5) is 43.0. The molecule has 0 aromatic heterocycles. The molecule has 3 atom stereocenters. The van der Waals surface area contributed by atoms with Gasteiger partial charge in [0.25, 0.3) is 0 Å². The Labute approximate surface area is 201 Å². The molecule has 0 aliphatic carbocycles. The van der Waals surface area contributed by atoms with Crippen LogP contribution < -0.4 is 5.32 Å². The number of nitrogens with zero attached hydrogens (tertiary/aromatic N) is 2. The van der Waals surface area contributed by atoms with Crippen molar-refractivity contribution in [3.63, 3.8) is 0 Å². The summed E-state index contributed by atoms with van der Waals surface area (Å²) in [5.41, 5.74) is 0.474. The maximum atomic E-state index is 13.5. The van der Waals surface area contributed by atoms with Gasteiger partial charge in [0.15, 0.2) is 0 Å². The second-order valence-electron chi connectivity index (χ2n) is 10.6. The summed E-state index contributed by atoms with van der Waals surface area (Å²) in [6, 6.07) is -0.846. The summed E-state index contributed by atoms with van der Waals surface area (Å²) in [5.74, 6) is -0.582. The number of amides is 2. The Morgan fingerprint density at radius 2 is 1.61 bits per heavy atom. The lowest BCUT2D eigenvalue weighted by Gasteiger charge is -2.39. The van der Waals surface area contributed by atoms with E-state index in [1.54, 1.807) is 24.9 Å². The van der Waals surface area contributed by atoms with Gasteiger partial charge in [-0.2, -0.15) is 0 Å². The fraction of sp³-hybridized carbons (Fsp3) is 0.808. The Balaban J connectivity index is 3.06. The average molecular weight is 466 g/mol. The molecule has 7 nitrogen and oxygen atoms in total. The minimum absolute atomic E-state index is 0.0659. The molecule has 1 rings (SSSR count). The van der Waals surface area contributed by atoms with E-state index in [1.807, 2.05) is 41.5 Å². The minimum atomic E-state index is -0.629. The molecule has 190 valence electrons. The molecular formula is C26H47N3O4. The summed E-state index contributed by atoms with van der Waals surface area (Å²) in [6.45, 7) is 18.4. The van der Waals surface area contributed by atoms with Gasteiger partial charge >= 0.3 is 5.97 Å². The summed E-state index contributed by atoms with van der Waals surface area (Å²) in [6.07, 6.45) is 4.52. The molecule has 1 unspecified atom stereocenters. The summed E-state index contributed by atoms with van der Waals surface area (Å²) in [5, 5.41) is 3.06. The van der Waals surface area contributed by atoms with E-state index in [1.165, 1.54) is 0 Å². The SMILES string of the molecule is C/C(=C\[C@H](C(C)C)N(C)C(=O)C(NC(=O)[C@H]1CCCCN1C(C)C)C(C)C)C(=O)OC(C)C. The molecule has 0 radical (unpaired) electrons. The van der Waals surface area contributed by atoms with Crippen LogP contribution >= 0.6 is 0 Å². The molecule has 1 saturated heterocycles. The highest BCUT2D eigenvalue weighted by Gasteiger charge is 2.36. The lowest BCUT2D eigenvalue weighted by atomic mass is 9.95. The van der Waals surface area contributed by atoms with Gasteiger partial charge in [0, 0.05) is 18.7 Å². The lowest BCUT2D eigenvalue weighted by molar-refractivity contribution is -0.143. The second kappa shape index (κ2) is 13.1. The molecule has 0 aromatic carbocycles. The Morgan fingerprint density at radius 1 is 1.00 bits per heavy atom. The first-order chi connectivity index (χ1) is 15.3. The van der Waals surface area contributed by atoms with Crippen LogP contribution in [0.15, 0.2) is 11.6 Å². The third-order valence-electron chi connectivity index (χ3n) is 6.30. The van der Waals surface area contributed by atoms with E-state index in [0.717, 1.165) is 25.8 Å². The van der Waals surface area contributed by atoms with Crippen LogP contribution in [0.2, 0.25) is 0 Å². The molecule has 0 bridgehead atoms. The molecule has 1 heterocycles. The fourth-order valence-corrected chi connectivity index (χ4v) is 4.37. The quantitative estimate of drug-likeness (QED) is 0.392. The molecule has 1 aliphatic heterocycles. The van der Waals surface area contributed by atoms with Crippen LogP contribution in [0.3, 0.4) is 0 Å². The van der Waals surface area contributed by atoms with Crippen LogP contribution in [-0.2, 0) is 19.1 Å². The zero-order chi connectivity index (χ0) is 25.5. The van der Waals surface area contributed by atoms with Gasteiger partial charge < -0.3 is 15.0 Å². The third-order valence-corrected chi connectivity index (χ3v) is 6.30. The molecule has 1 aliphatic rings. The number of rotatable bonds is 10. The zero-order valence-corrected chi connectivity index (χ0v) is 22.5. The predicted molar refractivity (Wildman–Crippen MR) is 133 cm³/mol. The number of nitrogens with one attached hydrogen (secondary N) is 1. The van der Waals surface area contributed by atoms with Crippen molar-refractivity contribution in [2.45, 2.75) is 112 Å². The number of likely N-dealkylation sites (N-methyl/N-ethyl adjacent to an activating group) is 1. The van der Waals surface area contributed by atoms with Crippen LogP contribution in [0.4, 0.5) is 0 Å². The topological polar surface area (TPSA) is 79.0 Å². The maximum Gasteiger partial charge on any atom is 0.333 e. The van der Waals surface area contributed by atoms with Crippen LogP contribution in [0.1, 0.15) is 81.6 Å². The van der Waals surface area contributed by atoms with Crippen molar-refractivity contribution in [1.82, 2.24) is 15.1 Å². The maximum absolute atomic E-state index is 13.5. The third kappa shape index (κ3) is 8.43. The number of piperidine rings is 1. The van der Waals surface area contributed by atoms with Crippen molar-refractivity contribution in [2.24, 2.45) is 11.8 Å². The smallest absolute Gasteiger partial charge is 0.333 e. The van der Waals surface area contributed by atoms with E-state index in [4.69, 9.17) is 4.74 Å². The van der Waals surface area contributed by atoms with Gasteiger partial charge in [-0.1, -0.05) is 40.2 Å². The number of likely N-dealkylation sites (tertiary alicyclic amines) is 1. The molecule has 2 amide bonds. The van der Waals surface area contributed by atoms with Gasteiger partial charge in [0.2, 0.25) is 11.8 Å². The second-order valence-corrected chi connectivity index (χ2v) is 10.6. The predicted octanol–water partition coefficient (Wildman–Crippen LogP) is 3.77. The fourth-order valence-electron chi connectivity index (χ4n) is 4.37. The van der Waals surface area contributed by atoms with E-state index >= 15 is 0 Å². The van der Waals surface area contributed by atoms with Gasteiger partial charge in [-0.15, -0.1) is 0 Å². The highest BCUT2D eigenvalue weighted by Crippen LogP contribution is 2.21. The Bertz CT molecular complexity index is 700. The summed E-state index contributed by atoms with van der Waals surface area (Å²) >= 11 is 0. The first-order valence-corrected chi connectivity index (χ1v) is 12.5. The van der Waals surface area contributed by atoms with Crippen LogP contribution in [0, 0.1) is 11.8 Å². The highest BCUT2D eigenvalue weighted by atomic mass is 16.5. The van der Waals surface area contributed by atoms with E-state index in [2.05, 4.69) is 24.1 Å². The molecule has 33 heavy (non-hydrogen) atoms. The number of ether oxygens (including phenoxy) is 1. The largest absolute Gasteiger partial charge is 0.460 e. The molecule has 1 N–H and O–H groups in total. The molecule has 0 saturated carbocycles. The van der Waals surface area contributed by atoms with Gasteiger partial charge in [-0.05, 0) is 65.8 Å². The van der Waals surface area contributed by atoms with E-state index in [0.29, 0.717) is 5.57 Å². The Kier molecular flexibility index (Phi) is 11.6. The number of hydrogen-bond acceptors (Lipinski definition) is 5. The number of carbonyl (C=O) groups is 3. The van der Waals surface area contributed by atoms with Crippen molar-refractivity contribution >= 4 is 17.8 Å². The van der Waals surface area contributed by atoms with E-state index < -0.39 is 6.04 Å². The zero-order valence-electron chi connectivity index (χ0n) is 22.5. The first kappa shape index (κ1) is 29.1. The minimum Gasteiger partial charge on any atom is -0.460 e. The number of hydrogen-bond donors (Lipinski definition) is 1. The Morgan fingerprint density at radius 3 is 2.09 bits per heavy atom. The summed E-state index contributed by atoms with van der Waals surface area (Å²) in [7, 11) is 1.74. The van der Waals surface area contributed by atoms with Crippen LogP contribution in [0.5, 0.6) is 0 Å².